The Morgan fingerprint density at radius 2 is 1.85 bits per heavy atom. The highest BCUT2D eigenvalue weighted by Crippen LogP contribution is 2.43. The average molecular weight is 290 g/mol. The third kappa shape index (κ3) is 2.89. The van der Waals surface area contributed by atoms with Crippen LogP contribution in [0, 0.1) is 11.8 Å². The molecule has 0 spiro atoms. The van der Waals surface area contributed by atoms with Crippen molar-refractivity contribution >= 4 is 19.0 Å². The summed E-state index contributed by atoms with van der Waals surface area (Å²) in [6.07, 6.45) is 1.16. The molecule has 1 saturated carbocycles. The van der Waals surface area contributed by atoms with Crippen molar-refractivity contribution in [3.8, 4) is 0 Å². The number of aliphatic hydroxyl groups is 1. The number of Topliss-reactive ketones (excluding diaryl/α,β-unsaturated/α-hetero) is 1. The van der Waals surface area contributed by atoms with Gasteiger partial charge in [0.25, 0.3) is 0 Å². The highest BCUT2D eigenvalue weighted by Gasteiger charge is 2.46. The Labute approximate surface area is 123 Å². The molecule has 0 amide bonds. The van der Waals surface area contributed by atoms with Crippen LogP contribution in [-0.2, 0) is 4.79 Å². The van der Waals surface area contributed by atoms with Gasteiger partial charge in [0, 0.05) is 12.3 Å². The molecule has 0 bridgehead atoms. The van der Waals surface area contributed by atoms with E-state index < -0.39 is 14.2 Å². The minimum absolute atomic E-state index is 0.173. The highest BCUT2D eigenvalue weighted by molar-refractivity contribution is 6.91. The number of benzene rings is 1. The lowest BCUT2D eigenvalue weighted by molar-refractivity contribution is -0.129. The Morgan fingerprint density at radius 3 is 2.40 bits per heavy atom. The SMILES string of the molecule is CC(O)C1C(=O)C[C@H](C)C[C@H]1[Si](C)(C)c1ccccc1. The van der Waals surface area contributed by atoms with E-state index in [0.29, 0.717) is 17.9 Å². The van der Waals surface area contributed by atoms with Gasteiger partial charge >= 0.3 is 0 Å². The predicted octanol–water partition coefficient (Wildman–Crippen LogP) is 2.97. The molecule has 0 aliphatic heterocycles. The molecule has 0 aromatic heterocycles. The molecular formula is C17H26O2Si. The molecule has 1 aliphatic rings. The van der Waals surface area contributed by atoms with Gasteiger partial charge in [0.1, 0.15) is 5.78 Å². The Balaban J connectivity index is 2.38. The first kappa shape index (κ1) is 15.5. The Hall–Kier alpha value is -0.933. The molecule has 2 unspecified atom stereocenters. The molecule has 4 atom stereocenters. The zero-order valence-electron chi connectivity index (χ0n) is 13.0. The number of rotatable bonds is 3. The summed E-state index contributed by atoms with van der Waals surface area (Å²) in [7, 11) is -1.77. The van der Waals surface area contributed by atoms with Gasteiger partial charge in [-0.2, -0.15) is 0 Å². The van der Waals surface area contributed by atoms with Gasteiger partial charge < -0.3 is 5.11 Å². The molecule has 1 aromatic rings. The van der Waals surface area contributed by atoms with E-state index in [2.05, 4.69) is 44.3 Å². The molecule has 1 aromatic carbocycles. The van der Waals surface area contributed by atoms with Crippen LogP contribution in [0.1, 0.15) is 26.7 Å². The lowest BCUT2D eigenvalue weighted by atomic mass is 9.79. The molecule has 2 rings (SSSR count). The standard InChI is InChI=1S/C17H26O2Si/c1-12-10-15(19)17(13(2)18)16(11-12)20(3,4)14-8-6-5-7-9-14/h5-9,12-13,16-18H,10-11H2,1-4H3/t12-,13?,16+,17?/m0/s1. The molecule has 2 nitrogen and oxygen atoms in total. The summed E-state index contributed by atoms with van der Waals surface area (Å²) < 4.78 is 0. The largest absolute Gasteiger partial charge is 0.393 e. The fraction of sp³-hybridized carbons (Fsp3) is 0.588. The van der Waals surface area contributed by atoms with Crippen molar-refractivity contribution in [3.63, 3.8) is 0 Å². The summed E-state index contributed by atoms with van der Waals surface area (Å²) in [5, 5.41) is 11.5. The second-order valence-corrected chi connectivity index (χ2v) is 11.7. The summed E-state index contributed by atoms with van der Waals surface area (Å²) in [6, 6.07) is 10.6. The number of hydrogen-bond acceptors (Lipinski definition) is 2. The molecule has 1 aliphatic carbocycles. The monoisotopic (exact) mass is 290 g/mol. The lowest BCUT2D eigenvalue weighted by Crippen LogP contribution is -2.54. The molecule has 20 heavy (non-hydrogen) atoms. The first-order valence-electron chi connectivity index (χ1n) is 7.60. The summed E-state index contributed by atoms with van der Waals surface area (Å²) >= 11 is 0. The number of ketones is 1. The maximum Gasteiger partial charge on any atom is 0.138 e. The van der Waals surface area contributed by atoms with Gasteiger partial charge in [0.05, 0.1) is 14.2 Å². The number of carbonyl (C=O) groups excluding carboxylic acids is 1. The third-order valence-electron chi connectivity index (χ3n) is 4.98. The van der Waals surface area contributed by atoms with Gasteiger partial charge in [-0.15, -0.1) is 0 Å². The van der Waals surface area contributed by atoms with Gasteiger partial charge in [-0.05, 0) is 24.8 Å². The summed E-state index contributed by atoms with van der Waals surface area (Å²) in [6.45, 7) is 8.63. The highest BCUT2D eigenvalue weighted by atomic mass is 28.3. The van der Waals surface area contributed by atoms with E-state index in [9.17, 15) is 9.90 Å². The summed E-state index contributed by atoms with van der Waals surface area (Å²) in [5.74, 6) is 0.534. The third-order valence-corrected chi connectivity index (χ3v) is 9.25. The van der Waals surface area contributed by atoms with Crippen LogP contribution >= 0.6 is 0 Å². The minimum Gasteiger partial charge on any atom is -0.393 e. The van der Waals surface area contributed by atoms with Gasteiger partial charge in [-0.1, -0.05) is 55.5 Å². The van der Waals surface area contributed by atoms with Gasteiger partial charge in [-0.3, -0.25) is 4.79 Å². The predicted molar refractivity (Wildman–Crippen MR) is 85.9 cm³/mol. The topological polar surface area (TPSA) is 37.3 Å². The maximum absolute atomic E-state index is 12.4. The van der Waals surface area contributed by atoms with Crippen LogP contribution in [0.15, 0.2) is 30.3 Å². The van der Waals surface area contributed by atoms with Crippen molar-refractivity contribution in [2.75, 3.05) is 0 Å². The van der Waals surface area contributed by atoms with Crippen molar-refractivity contribution in [2.24, 2.45) is 11.8 Å². The van der Waals surface area contributed by atoms with Crippen molar-refractivity contribution in [3.05, 3.63) is 30.3 Å². The van der Waals surface area contributed by atoms with E-state index in [1.54, 1.807) is 6.92 Å². The first-order chi connectivity index (χ1) is 9.34. The van der Waals surface area contributed by atoms with Crippen LogP contribution in [0.2, 0.25) is 18.6 Å². The molecule has 0 saturated heterocycles. The number of hydrogen-bond donors (Lipinski definition) is 1. The average Bonchev–Trinajstić information content (AvgIpc) is 2.38. The van der Waals surface area contributed by atoms with Crippen LogP contribution in [0.5, 0.6) is 0 Å². The zero-order chi connectivity index (χ0) is 14.9. The van der Waals surface area contributed by atoms with Crippen LogP contribution < -0.4 is 5.19 Å². The van der Waals surface area contributed by atoms with Crippen LogP contribution in [0.3, 0.4) is 0 Å². The quantitative estimate of drug-likeness (QED) is 0.869. The second kappa shape index (κ2) is 5.82. The van der Waals surface area contributed by atoms with Gasteiger partial charge in [0.2, 0.25) is 0 Å². The smallest absolute Gasteiger partial charge is 0.138 e. The van der Waals surface area contributed by atoms with E-state index in [1.807, 2.05) is 6.07 Å². The van der Waals surface area contributed by atoms with Crippen molar-refractivity contribution in [1.82, 2.24) is 0 Å². The van der Waals surface area contributed by atoms with Crippen molar-refractivity contribution in [2.45, 2.75) is 51.4 Å². The van der Waals surface area contributed by atoms with Crippen molar-refractivity contribution < 1.29 is 9.90 Å². The molecule has 1 fully saturated rings. The molecule has 1 N–H and O–H groups in total. The molecular weight excluding hydrogens is 264 g/mol. The zero-order valence-corrected chi connectivity index (χ0v) is 14.0. The molecule has 3 heteroatoms. The van der Waals surface area contributed by atoms with Crippen LogP contribution in [0.25, 0.3) is 0 Å². The fourth-order valence-electron chi connectivity index (χ4n) is 3.80. The van der Waals surface area contributed by atoms with Gasteiger partial charge in [-0.25, -0.2) is 0 Å². The summed E-state index contributed by atoms with van der Waals surface area (Å²) in [5.41, 5.74) is 0.334. The van der Waals surface area contributed by atoms with Crippen LogP contribution in [0.4, 0.5) is 0 Å². The Kier molecular flexibility index (Phi) is 4.50. The van der Waals surface area contributed by atoms with Gasteiger partial charge in [0.15, 0.2) is 0 Å². The molecule has 110 valence electrons. The maximum atomic E-state index is 12.4. The van der Waals surface area contributed by atoms with E-state index >= 15 is 0 Å². The van der Waals surface area contributed by atoms with E-state index in [1.165, 1.54) is 5.19 Å². The van der Waals surface area contributed by atoms with E-state index in [4.69, 9.17) is 0 Å². The van der Waals surface area contributed by atoms with Crippen LogP contribution in [-0.4, -0.2) is 25.1 Å². The van der Waals surface area contributed by atoms with E-state index in [-0.39, 0.29) is 11.7 Å². The minimum atomic E-state index is -1.77. The Morgan fingerprint density at radius 1 is 1.25 bits per heavy atom. The Bertz CT molecular complexity index is 467. The fourth-order valence-corrected chi connectivity index (χ4v) is 7.63. The molecule has 0 radical (unpaired) electrons. The second-order valence-electron chi connectivity index (χ2n) is 6.97. The number of carbonyl (C=O) groups is 1. The summed E-state index contributed by atoms with van der Waals surface area (Å²) in [4.78, 5) is 12.4. The molecule has 0 heterocycles. The number of aliphatic hydroxyl groups excluding tert-OH is 1. The first-order valence-corrected chi connectivity index (χ1v) is 10.7. The normalized spacial score (nSPS) is 29.2. The van der Waals surface area contributed by atoms with E-state index in [0.717, 1.165) is 6.42 Å². The lowest BCUT2D eigenvalue weighted by Gasteiger charge is -2.43. The van der Waals surface area contributed by atoms with Crippen molar-refractivity contribution in [1.29, 1.82) is 0 Å².